The smallest absolute Gasteiger partial charge is 0.243 e. The molecule has 2 rings (SSSR count). The number of benzene rings is 2. The van der Waals surface area contributed by atoms with Gasteiger partial charge in [0.2, 0.25) is 15.9 Å². The van der Waals surface area contributed by atoms with E-state index in [1.54, 1.807) is 19.1 Å². The predicted molar refractivity (Wildman–Crippen MR) is 108 cm³/mol. The number of nitrogens with one attached hydrogen (secondary N) is 1. The Balaban J connectivity index is 2.03. The summed E-state index contributed by atoms with van der Waals surface area (Å²) in [5.41, 5.74) is 2.50. The monoisotopic (exact) mass is 390 g/mol. The minimum Gasteiger partial charge on any atom is -0.492 e. The lowest BCUT2D eigenvalue weighted by Crippen LogP contribution is -2.48. The number of rotatable bonds is 8. The second kappa shape index (κ2) is 8.90. The van der Waals surface area contributed by atoms with Gasteiger partial charge in [-0.25, -0.2) is 8.42 Å². The second-order valence-electron chi connectivity index (χ2n) is 6.46. The van der Waals surface area contributed by atoms with E-state index >= 15 is 0 Å². The number of hydrogen-bond acceptors (Lipinski definition) is 4. The predicted octanol–water partition coefficient (Wildman–Crippen LogP) is 2.65. The fourth-order valence-corrected chi connectivity index (χ4v) is 3.85. The standard InChI is InChI=1S/C20H26N2O4S/c1-15-10-11-18(14-16(15)2)22(27(4,24)25)17(3)20(23)21-12-13-26-19-8-6-5-7-9-19/h5-11,14,17H,12-13H2,1-4H3,(H,21,23). The van der Waals surface area contributed by atoms with Gasteiger partial charge in [0.05, 0.1) is 18.5 Å². The Morgan fingerprint density at radius 3 is 2.37 bits per heavy atom. The van der Waals surface area contributed by atoms with E-state index in [1.165, 1.54) is 0 Å². The van der Waals surface area contributed by atoms with Gasteiger partial charge < -0.3 is 10.1 Å². The highest BCUT2D eigenvalue weighted by Gasteiger charge is 2.29. The van der Waals surface area contributed by atoms with Gasteiger partial charge >= 0.3 is 0 Å². The Kier molecular flexibility index (Phi) is 6.85. The molecule has 1 amide bonds. The van der Waals surface area contributed by atoms with Crippen molar-refractivity contribution < 1.29 is 17.9 Å². The number of ether oxygens (including phenoxy) is 1. The fraction of sp³-hybridized carbons (Fsp3) is 0.350. The molecular formula is C20H26N2O4S. The van der Waals surface area contributed by atoms with E-state index in [0.717, 1.165) is 21.7 Å². The number of sulfonamides is 1. The zero-order chi connectivity index (χ0) is 20.0. The fourth-order valence-electron chi connectivity index (χ4n) is 2.68. The Labute approximate surface area is 161 Å². The highest BCUT2D eigenvalue weighted by molar-refractivity contribution is 7.92. The van der Waals surface area contributed by atoms with Crippen LogP contribution in [0.15, 0.2) is 48.5 Å². The maximum atomic E-state index is 12.5. The molecule has 1 atom stereocenters. The number of nitrogens with zero attached hydrogens (tertiary/aromatic N) is 1. The van der Waals surface area contributed by atoms with E-state index in [0.29, 0.717) is 18.0 Å². The number of aryl methyl sites for hydroxylation is 2. The number of para-hydroxylation sites is 1. The van der Waals surface area contributed by atoms with Crippen LogP contribution in [0.25, 0.3) is 0 Å². The van der Waals surface area contributed by atoms with Gasteiger partial charge in [-0.1, -0.05) is 24.3 Å². The first-order valence-electron chi connectivity index (χ1n) is 8.72. The summed E-state index contributed by atoms with van der Waals surface area (Å²) in [6.07, 6.45) is 1.10. The summed E-state index contributed by atoms with van der Waals surface area (Å²) in [4.78, 5) is 12.5. The molecule has 0 spiro atoms. The molecule has 0 heterocycles. The molecule has 0 aliphatic carbocycles. The van der Waals surface area contributed by atoms with Gasteiger partial charge in [0.25, 0.3) is 0 Å². The van der Waals surface area contributed by atoms with Crippen LogP contribution >= 0.6 is 0 Å². The summed E-state index contributed by atoms with van der Waals surface area (Å²) in [6.45, 7) is 6.01. The molecule has 27 heavy (non-hydrogen) atoms. The van der Waals surface area contributed by atoms with Crippen LogP contribution in [-0.4, -0.2) is 39.8 Å². The molecular weight excluding hydrogens is 364 g/mol. The maximum Gasteiger partial charge on any atom is 0.243 e. The van der Waals surface area contributed by atoms with E-state index in [-0.39, 0.29) is 12.5 Å². The normalized spacial score (nSPS) is 12.3. The van der Waals surface area contributed by atoms with Crippen molar-refractivity contribution in [3.05, 3.63) is 59.7 Å². The van der Waals surface area contributed by atoms with Crippen LogP contribution < -0.4 is 14.4 Å². The number of carbonyl (C=O) groups excluding carboxylic acids is 1. The molecule has 146 valence electrons. The van der Waals surface area contributed by atoms with Crippen LogP contribution in [0.4, 0.5) is 5.69 Å². The zero-order valence-corrected chi connectivity index (χ0v) is 16.9. The van der Waals surface area contributed by atoms with E-state index < -0.39 is 16.1 Å². The van der Waals surface area contributed by atoms with Crippen molar-refractivity contribution in [2.24, 2.45) is 0 Å². The molecule has 0 saturated heterocycles. The Morgan fingerprint density at radius 1 is 1.11 bits per heavy atom. The minimum absolute atomic E-state index is 0.280. The van der Waals surface area contributed by atoms with Gasteiger partial charge in [-0.15, -0.1) is 0 Å². The highest BCUT2D eigenvalue weighted by Crippen LogP contribution is 2.23. The molecule has 7 heteroatoms. The van der Waals surface area contributed by atoms with Crippen molar-refractivity contribution in [3.63, 3.8) is 0 Å². The third-order valence-corrected chi connectivity index (χ3v) is 5.49. The first-order chi connectivity index (χ1) is 12.7. The average Bonchev–Trinajstić information content (AvgIpc) is 2.61. The molecule has 2 aromatic carbocycles. The third-order valence-electron chi connectivity index (χ3n) is 4.25. The second-order valence-corrected chi connectivity index (χ2v) is 8.32. The Morgan fingerprint density at radius 2 is 1.78 bits per heavy atom. The van der Waals surface area contributed by atoms with Gasteiger partial charge in [-0.3, -0.25) is 9.10 Å². The molecule has 0 radical (unpaired) electrons. The molecule has 6 nitrogen and oxygen atoms in total. The lowest BCUT2D eigenvalue weighted by molar-refractivity contribution is -0.121. The van der Waals surface area contributed by atoms with Crippen LogP contribution in [-0.2, 0) is 14.8 Å². The molecule has 0 fully saturated rings. The Bertz CT molecular complexity index is 882. The van der Waals surface area contributed by atoms with E-state index in [9.17, 15) is 13.2 Å². The van der Waals surface area contributed by atoms with E-state index in [2.05, 4.69) is 5.32 Å². The average molecular weight is 391 g/mol. The molecule has 0 bridgehead atoms. The van der Waals surface area contributed by atoms with Crippen LogP contribution in [0.5, 0.6) is 5.75 Å². The van der Waals surface area contributed by atoms with Gasteiger partial charge in [-0.05, 0) is 56.2 Å². The van der Waals surface area contributed by atoms with Gasteiger partial charge in [0.1, 0.15) is 18.4 Å². The quantitative estimate of drug-likeness (QED) is 0.703. The van der Waals surface area contributed by atoms with E-state index in [1.807, 2.05) is 50.2 Å². The van der Waals surface area contributed by atoms with Crippen molar-refractivity contribution in [1.29, 1.82) is 0 Å². The lowest BCUT2D eigenvalue weighted by Gasteiger charge is -2.28. The third kappa shape index (κ3) is 5.72. The number of hydrogen-bond donors (Lipinski definition) is 1. The summed E-state index contributed by atoms with van der Waals surface area (Å²) >= 11 is 0. The molecule has 0 aromatic heterocycles. The summed E-state index contributed by atoms with van der Waals surface area (Å²) in [5.74, 6) is 0.336. The summed E-state index contributed by atoms with van der Waals surface area (Å²) in [7, 11) is -3.62. The van der Waals surface area contributed by atoms with E-state index in [4.69, 9.17) is 4.74 Å². The molecule has 2 aromatic rings. The van der Waals surface area contributed by atoms with Crippen molar-refractivity contribution >= 4 is 21.6 Å². The molecule has 0 saturated carbocycles. The molecule has 0 aliphatic heterocycles. The summed E-state index contributed by atoms with van der Waals surface area (Å²) in [6, 6.07) is 13.7. The van der Waals surface area contributed by atoms with Crippen molar-refractivity contribution in [2.75, 3.05) is 23.7 Å². The van der Waals surface area contributed by atoms with Crippen LogP contribution in [0.2, 0.25) is 0 Å². The molecule has 0 aliphatic rings. The number of anilines is 1. The summed E-state index contributed by atoms with van der Waals surface area (Å²) < 4.78 is 31.3. The first kappa shape index (κ1) is 20.8. The van der Waals surface area contributed by atoms with Crippen molar-refractivity contribution in [2.45, 2.75) is 26.8 Å². The van der Waals surface area contributed by atoms with Crippen molar-refractivity contribution in [1.82, 2.24) is 5.32 Å². The van der Waals surface area contributed by atoms with Crippen LogP contribution in [0.1, 0.15) is 18.1 Å². The van der Waals surface area contributed by atoms with Gasteiger partial charge in [0.15, 0.2) is 0 Å². The number of amides is 1. The lowest BCUT2D eigenvalue weighted by atomic mass is 10.1. The Hall–Kier alpha value is -2.54. The van der Waals surface area contributed by atoms with Crippen LogP contribution in [0, 0.1) is 13.8 Å². The number of carbonyl (C=O) groups is 1. The van der Waals surface area contributed by atoms with Gasteiger partial charge in [-0.2, -0.15) is 0 Å². The van der Waals surface area contributed by atoms with Crippen LogP contribution in [0.3, 0.4) is 0 Å². The summed E-state index contributed by atoms with van der Waals surface area (Å²) in [5, 5.41) is 2.73. The molecule has 1 unspecified atom stereocenters. The largest absolute Gasteiger partial charge is 0.492 e. The maximum absolute atomic E-state index is 12.5. The SMILES string of the molecule is Cc1ccc(N(C(C)C(=O)NCCOc2ccccc2)S(C)(=O)=O)cc1C. The highest BCUT2D eigenvalue weighted by atomic mass is 32.2. The van der Waals surface area contributed by atoms with Crippen molar-refractivity contribution in [3.8, 4) is 5.75 Å². The minimum atomic E-state index is -3.62. The van der Waals surface area contributed by atoms with Gasteiger partial charge in [0, 0.05) is 0 Å². The zero-order valence-electron chi connectivity index (χ0n) is 16.1. The first-order valence-corrected chi connectivity index (χ1v) is 10.6. The molecule has 1 N–H and O–H groups in total. The topological polar surface area (TPSA) is 75.7 Å².